The van der Waals surface area contributed by atoms with Gasteiger partial charge in [0.1, 0.15) is 0 Å². The Balaban J connectivity index is 2.04. The molecule has 1 nitrogen and oxygen atoms in total. The average Bonchev–Trinajstić information content (AvgIpc) is 2.40. The first kappa shape index (κ1) is 13.2. The van der Waals surface area contributed by atoms with Crippen molar-refractivity contribution in [1.82, 2.24) is 0 Å². The molecule has 0 fully saturated rings. The molecule has 2 rings (SSSR count). The number of hydrogen-bond acceptors (Lipinski definition) is 2. The van der Waals surface area contributed by atoms with Crippen LogP contribution in [0.4, 0.5) is 0 Å². The van der Waals surface area contributed by atoms with Crippen LogP contribution in [0.15, 0.2) is 47.4 Å². The zero-order chi connectivity index (χ0) is 13.0. The third-order valence-electron chi connectivity index (χ3n) is 3.06. The van der Waals surface area contributed by atoms with Crippen LogP contribution in [0.2, 0.25) is 0 Å². The van der Waals surface area contributed by atoms with Crippen LogP contribution in [0.25, 0.3) is 0 Å². The van der Waals surface area contributed by atoms with E-state index in [0.717, 1.165) is 5.75 Å². The molecular formula is C16H19NS. The fraction of sp³-hybridized carbons (Fsp3) is 0.250. The molecule has 2 aromatic carbocycles. The lowest BCUT2D eigenvalue weighted by Crippen LogP contribution is -1.95. The van der Waals surface area contributed by atoms with E-state index in [-0.39, 0.29) is 0 Å². The summed E-state index contributed by atoms with van der Waals surface area (Å²) in [7, 11) is 0. The Bertz CT molecular complexity index is 517. The maximum atomic E-state index is 5.59. The number of thioether (sulfide) groups is 1. The Kier molecular flexibility index (Phi) is 4.45. The lowest BCUT2D eigenvalue weighted by atomic mass is 10.1. The van der Waals surface area contributed by atoms with Crippen molar-refractivity contribution in [2.45, 2.75) is 31.0 Å². The number of aryl methyl sites for hydroxylation is 2. The number of benzene rings is 2. The second-order valence-corrected chi connectivity index (χ2v) is 5.62. The molecule has 0 atom stereocenters. The Morgan fingerprint density at radius 3 is 2.39 bits per heavy atom. The second kappa shape index (κ2) is 6.07. The lowest BCUT2D eigenvalue weighted by Gasteiger charge is -2.07. The summed E-state index contributed by atoms with van der Waals surface area (Å²) in [5.74, 6) is 1.02. The molecular weight excluding hydrogens is 238 g/mol. The zero-order valence-electron chi connectivity index (χ0n) is 10.9. The van der Waals surface area contributed by atoms with E-state index in [1.165, 1.54) is 27.1 Å². The maximum Gasteiger partial charge on any atom is 0.0234 e. The zero-order valence-corrected chi connectivity index (χ0v) is 11.8. The molecule has 0 bridgehead atoms. The summed E-state index contributed by atoms with van der Waals surface area (Å²) in [6.07, 6.45) is 0. The third-order valence-corrected chi connectivity index (χ3v) is 4.12. The smallest absolute Gasteiger partial charge is 0.0234 e. The minimum Gasteiger partial charge on any atom is -0.326 e. The molecule has 0 aliphatic rings. The molecule has 94 valence electrons. The van der Waals surface area contributed by atoms with Crippen LogP contribution in [0.1, 0.15) is 22.3 Å². The van der Waals surface area contributed by atoms with Crippen LogP contribution < -0.4 is 5.73 Å². The molecule has 0 spiro atoms. The van der Waals surface area contributed by atoms with Crippen molar-refractivity contribution in [2.75, 3.05) is 0 Å². The van der Waals surface area contributed by atoms with Crippen molar-refractivity contribution in [2.24, 2.45) is 5.73 Å². The summed E-state index contributed by atoms with van der Waals surface area (Å²) < 4.78 is 0. The topological polar surface area (TPSA) is 26.0 Å². The van der Waals surface area contributed by atoms with Crippen molar-refractivity contribution in [3.05, 3.63) is 64.7 Å². The summed E-state index contributed by atoms with van der Waals surface area (Å²) in [5.41, 5.74) is 10.9. The predicted molar refractivity (Wildman–Crippen MR) is 79.8 cm³/mol. The van der Waals surface area contributed by atoms with Gasteiger partial charge in [-0.25, -0.2) is 0 Å². The van der Waals surface area contributed by atoms with Crippen molar-refractivity contribution < 1.29 is 0 Å². The van der Waals surface area contributed by atoms with Crippen LogP contribution in [-0.2, 0) is 12.3 Å². The van der Waals surface area contributed by atoms with E-state index >= 15 is 0 Å². The van der Waals surface area contributed by atoms with Gasteiger partial charge in [-0.15, -0.1) is 11.8 Å². The minimum atomic E-state index is 0.613. The monoisotopic (exact) mass is 257 g/mol. The SMILES string of the molecule is Cc1ccc(C)c(CSc2ccc(CN)cc2)c1. The van der Waals surface area contributed by atoms with Gasteiger partial charge in [-0.3, -0.25) is 0 Å². The van der Waals surface area contributed by atoms with Gasteiger partial charge in [0, 0.05) is 17.2 Å². The molecule has 18 heavy (non-hydrogen) atoms. The summed E-state index contributed by atoms with van der Waals surface area (Å²) in [6, 6.07) is 15.1. The van der Waals surface area contributed by atoms with Crippen LogP contribution >= 0.6 is 11.8 Å². The first-order chi connectivity index (χ1) is 8.69. The van der Waals surface area contributed by atoms with E-state index in [1.54, 1.807) is 0 Å². The molecule has 0 unspecified atom stereocenters. The van der Waals surface area contributed by atoms with Gasteiger partial charge < -0.3 is 5.73 Å². The largest absolute Gasteiger partial charge is 0.326 e. The van der Waals surface area contributed by atoms with Gasteiger partial charge in [-0.2, -0.15) is 0 Å². The molecule has 2 N–H and O–H groups in total. The van der Waals surface area contributed by atoms with Crippen LogP contribution in [-0.4, -0.2) is 0 Å². The molecule has 0 aliphatic carbocycles. The molecule has 2 aromatic rings. The summed E-state index contributed by atoms with van der Waals surface area (Å²) in [4.78, 5) is 1.30. The number of rotatable bonds is 4. The lowest BCUT2D eigenvalue weighted by molar-refractivity contribution is 1.07. The predicted octanol–water partition coefficient (Wildman–Crippen LogP) is 4.05. The molecule has 0 heterocycles. The van der Waals surface area contributed by atoms with Crippen molar-refractivity contribution in [3.63, 3.8) is 0 Å². The second-order valence-electron chi connectivity index (χ2n) is 4.57. The van der Waals surface area contributed by atoms with E-state index in [9.17, 15) is 0 Å². The quantitative estimate of drug-likeness (QED) is 0.836. The fourth-order valence-electron chi connectivity index (χ4n) is 1.84. The summed E-state index contributed by atoms with van der Waals surface area (Å²) >= 11 is 1.87. The first-order valence-corrected chi connectivity index (χ1v) is 7.15. The Morgan fingerprint density at radius 1 is 1.00 bits per heavy atom. The number of hydrogen-bond donors (Lipinski definition) is 1. The Hall–Kier alpha value is -1.25. The van der Waals surface area contributed by atoms with E-state index in [4.69, 9.17) is 5.73 Å². The summed E-state index contributed by atoms with van der Waals surface area (Å²) in [5, 5.41) is 0. The highest BCUT2D eigenvalue weighted by molar-refractivity contribution is 7.98. The molecule has 0 amide bonds. The van der Waals surface area contributed by atoms with Gasteiger partial charge in [-0.05, 0) is 42.7 Å². The van der Waals surface area contributed by atoms with Crippen LogP contribution in [0.3, 0.4) is 0 Å². The van der Waals surface area contributed by atoms with Gasteiger partial charge >= 0.3 is 0 Å². The average molecular weight is 257 g/mol. The fourth-order valence-corrected chi connectivity index (χ4v) is 2.80. The highest BCUT2D eigenvalue weighted by Crippen LogP contribution is 2.25. The van der Waals surface area contributed by atoms with Crippen LogP contribution in [0.5, 0.6) is 0 Å². The molecule has 0 aromatic heterocycles. The van der Waals surface area contributed by atoms with E-state index < -0.39 is 0 Å². The van der Waals surface area contributed by atoms with E-state index in [0.29, 0.717) is 6.54 Å². The minimum absolute atomic E-state index is 0.613. The Morgan fingerprint density at radius 2 is 1.72 bits per heavy atom. The normalized spacial score (nSPS) is 10.6. The van der Waals surface area contributed by atoms with Crippen molar-refractivity contribution in [1.29, 1.82) is 0 Å². The molecule has 0 aliphatic heterocycles. The van der Waals surface area contributed by atoms with Gasteiger partial charge in [0.05, 0.1) is 0 Å². The standard InChI is InChI=1S/C16H19NS/c1-12-3-4-13(2)15(9-12)11-18-16-7-5-14(10-17)6-8-16/h3-9H,10-11,17H2,1-2H3. The highest BCUT2D eigenvalue weighted by atomic mass is 32.2. The van der Waals surface area contributed by atoms with Gasteiger partial charge in [0.2, 0.25) is 0 Å². The van der Waals surface area contributed by atoms with E-state index in [2.05, 4.69) is 56.3 Å². The van der Waals surface area contributed by atoms with E-state index in [1.807, 2.05) is 11.8 Å². The molecule has 0 saturated heterocycles. The molecule has 2 heteroatoms. The van der Waals surface area contributed by atoms with Crippen molar-refractivity contribution >= 4 is 11.8 Å². The molecule has 0 radical (unpaired) electrons. The van der Waals surface area contributed by atoms with Crippen LogP contribution in [0, 0.1) is 13.8 Å². The Labute approximate surface area is 113 Å². The highest BCUT2D eigenvalue weighted by Gasteiger charge is 2.00. The maximum absolute atomic E-state index is 5.59. The molecule has 0 saturated carbocycles. The van der Waals surface area contributed by atoms with Crippen molar-refractivity contribution in [3.8, 4) is 0 Å². The summed E-state index contributed by atoms with van der Waals surface area (Å²) in [6.45, 7) is 4.93. The number of nitrogens with two attached hydrogens (primary N) is 1. The van der Waals surface area contributed by atoms with Gasteiger partial charge in [-0.1, -0.05) is 35.9 Å². The third kappa shape index (κ3) is 3.37. The first-order valence-electron chi connectivity index (χ1n) is 6.17. The van der Waals surface area contributed by atoms with Gasteiger partial charge in [0.15, 0.2) is 0 Å². The van der Waals surface area contributed by atoms with Gasteiger partial charge in [0.25, 0.3) is 0 Å².